The summed E-state index contributed by atoms with van der Waals surface area (Å²) in [5, 5.41) is 0.803. The molecule has 0 saturated heterocycles. The van der Waals surface area contributed by atoms with Crippen LogP contribution in [-0.4, -0.2) is 5.54 Å². The number of halogens is 1. The summed E-state index contributed by atoms with van der Waals surface area (Å²) in [5.41, 5.74) is 7.50. The molecule has 0 aromatic heterocycles. The minimum atomic E-state index is 0.166. The van der Waals surface area contributed by atoms with Crippen molar-refractivity contribution >= 4 is 11.6 Å². The van der Waals surface area contributed by atoms with Gasteiger partial charge < -0.3 is 5.73 Å². The Morgan fingerprint density at radius 3 is 2.38 bits per heavy atom. The lowest BCUT2D eigenvalue weighted by atomic mass is 10.0. The molecule has 70 valence electrons. The van der Waals surface area contributed by atoms with Gasteiger partial charge in [-0.25, -0.2) is 0 Å². The van der Waals surface area contributed by atoms with Crippen LogP contribution in [0.1, 0.15) is 24.8 Å². The second-order valence-corrected chi connectivity index (χ2v) is 4.43. The van der Waals surface area contributed by atoms with Crippen molar-refractivity contribution < 1.29 is 0 Å². The van der Waals surface area contributed by atoms with Gasteiger partial charge >= 0.3 is 0 Å². The number of hydrogen-bond donors (Lipinski definition) is 1. The highest BCUT2D eigenvalue weighted by Gasteiger charge is 2.37. The van der Waals surface area contributed by atoms with E-state index < -0.39 is 0 Å². The molecular weight excluding hydrogens is 182 g/mol. The van der Waals surface area contributed by atoms with Gasteiger partial charge in [0.1, 0.15) is 0 Å². The molecule has 1 fully saturated rings. The molecule has 0 atom stereocenters. The van der Waals surface area contributed by atoms with E-state index in [1.54, 1.807) is 0 Å². The van der Waals surface area contributed by atoms with Gasteiger partial charge in [-0.2, -0.15) is 0 Å². The third kappa shape index (κ3) is 2.45. The van der Waals surface area contributed by atoms with Gasteiger partial charge in [-0.05, 0) is 43.4 Å². The van der Waals surface area contributed by atoms with Crippen molar-refractivity contribution in [1.82, 2.24) is 0 Å². The van der Waals surface area contributed by atoms with Crippen LogP contribution in [0.15, 0.2) is 24.3 Å². The summed E-state index contributed by atoms with van der Waals surface area (Å²) in [6.07, 6.45) is 4.57. The molecule has 0 heterocycles. The number of rotatable bonds is 3. The average molecular weight is 196 g/mol. The summed E-state index contributed by atoms with van der Waals surface area (Å²) in [6.45, 7) is 0. The highest BCUT2D eigenvalue weighted by molar-refractivity contribution is 6.30. The van der Waals surface area contributed by atoms with Crippen LogP contribution >= 0.6 is 11.6 Å². The van der Waals surface area contributed by atoms with Gasteiger partial charge in [-0.15, -0.1) is 0 Å². The monoisotopic (exact) mass is 195 g/mol. The normalized spacial score (nSPS) is 18.6. The van der Waals surface area contributed by atoms with Gasteiger partial charge in [-0.3, -0.25) is 0 Å². The smallest absolute Gasteiger partial charge is 0.0406 e. The highest BCUT2D eigenvalue weighted by atomic mass is 35.5. The first-order valence-corrected chi connectivity index (χ1v) is 5.09. The van der Waals surface area contributed by atoms with Crippen LogP contribution in [0, 0.1) is 0 Å². The second kappa shape index (κ2) is 3.32. The van der Waals surface area contributed by atoms with Crippen LogP contribution in [0.2, 0.25) is 5.02 Å². The quantitative estimate of drug-likeness (QED) is 0.789. The van der Waals surface area contributed by atoms with Crippen LogP contribution in [-0.2, 0) is 6.42 Å². The summed E-state index contributed by atoms with van der Waals surface area (Å²) in [5.74, 6) is 0. The molecule has 2 heteroatoms. The van der Waals surface area contributed by atoms with E-state index in [9.17, 15) is 0 Å². The van der Waals surface area contributed by atoms with Crippen molar-refractivity contribution in [3.8, 4) is 0 Å². The zero-order chi connectivity index (χ0) is 9.31. The van der Waals surface area contributed by atoms with E-state index in [2.05, 4.69) is 12.1 Å². The molecule has 0 bridgehead atoms. The standard InChI is InChI=1S/C11H14ClN/c12-10-3-1-9(2-4-10)5-6-11(13)7-8-11/h1-4H,5-8,13H2. The Morgan fingerprint density at radius 1 is 1.23 bits per heavy atom. The van der Waals surface area contributed by atoms with Crippen LogP contribution < -0.4 is 5.73 Å². The maximum Gasteiger partial charge on any atom is 0.0406 e. The highest BCUT2D eigenvalue weighted by Crippen LogP contribution is 2.36. The van der Waals surface area contributed by atoms with E-state index in [1.165, 1.54) is 18.4 Å². The molecule has 1 nitrogen and oxygen atoms in total. The van der Waals surface area contributed by atoms with E-state index >= 15 is 0 Å². The molecule has 1 saturated carbocycles. The van der Waals surface area contributed by atoms with Gasteiger partial charge in [0.05, 0.1) is 0 Å². The van der Waals surface area contributed by atoms with Crippen LogP contribution in [0.3, 0.4) is 0 Å². The molecular formula is C11H14ClN. The third-order valence-electron chi connectivity index (χ3n) is 2.72. The summed E-state index contributed by atoms with van der Waals surface area (Å²) >= 11 is 5.79. The Morgan fingerprint density at radius 2 is 1.85 bits per heavy atom. The van der Waals surface area contributed by atoms with Gasteiger partial charge in [0.15, 0.2) is 0 Å². The molecule has 0 amide bonds. The van der Waals surface area contributed by atoms with E-state index in [0.717, 1.165) is 17.9 Å². The van der Waals surface area contributed by atoms with Gasteiger partial charge in [0.2, 0.25) is 0 Å². The first-order valence-electron chi connectivity index (χ1n) is 4.71. The lowest BCUT2D eigenvalue weighted by molar-refractivity contribution is 0.609. The number of nitrogens with two attached hydrogens (primary N) is 1. The SMILES string of the molecule is NC1(CCc2ccc(Cl)cc2)CC1. The molecule has 1 aliphatic carbocycles. The van der Waals surface area contributed by atoms with Gasteiger partial charge in [-0.1, -0.05) is 23.7 Å². The molecule has 0 spiro atoms. The Hall–Kier alpha value is -0.530. The van der Waals surface area contributed by atoms with Gasteiger partial charge in [0, 0.05) is 10.6 Å². The summed E-state index contributed by atoms with van der Waals surface area (Å²) in [7, 11) is 0. The van der Waals surface area contributed by atoms with Crippen molar-refractivity contribution in [3.05, 3.63) is 34.9 Å². The van der Waals surface area contributed by atoms with Crippen molar-refractivity contribution in [3.63, 3.8) is 0 Å². The molecule has 2 rings (SSSR count). The van der Waals surface area contributed by atoms with E-state index in [4.69, 9.17) is 17.3 Å². The summed E-state index contributed by atoms with van der Waals surface area (Å²) in [6, 6.07) is 8.03. The van der Waals surface area contributed by atoms with Crippen LogP contribution in [0.5, 0.6) is 0 Å². The van der Waals surface area contributed by atoms with Crippen molar-refractivity contribution in [2.75, 3.05) is 0 Å². The Labute approximate surface area is 83.9 Å². The zero-order valence-corrected chi connectivity index (χ0v) is 8.35. The number of aryl methyl sites for hydroxylation is 1. The summed E-state index contributed by atoms with van der Waals surface area (Å²) in [4.78, 5) is 0. The fraction of sp³-hybridized carbons (Fsp3) is 0.455. The first kappa shape index (κ1) is 9.04. The first-order chi connectivity index (χ1) is 6.18. The lowest BCUT2D eigenvalue weighted by Gasteiger charge is -2.07. The topological polar surface area (TPSA) is 26.0 Å². The largest absolute Gasteiger partial charge is 0.325 e. The Balaban J connectivity index is 1.91. The van der Waals surface area contributed by atoms with Crippen LogP contribution in [0.4, 0.5) is 0 Å². The van der Waals surface area contributed by atoms with Crippen LogP contribution in [0.25, 0.3) is 0 Å². The molecule has 0 unspecified atom stereocenters. The number of hydrogen-bond acceptors (Lipinski definition) is 1. The molecule has 2 N–H and O–H groups in total. The number of benzene rings is 1. The molecule has 0 aliphatic heterocycles. The molecule has 13 heavy (non-hydrogen) atoms. The van der Waals surface area contributed by atoms with Crippen molar-refractivity contribution in [2.24, 2.45) is 5.73 Å². The summed E-state index contributed by atoms with van der Waals surface area (Å²) < 4.78 is 0. The maximum absolute atomic E-state index is 6.00. The molecule has 1 aromatic carbocycles. The molecule has 1 aliphatic rings. The minimum absolute atomic E-state index is 0.166. The molecule has 1 aromatic rings. The van der Waals surface area contributed by atoms with E-state index in [-0.39, 0.29) is 5.54 Å². The minimum Gasteiger partial charge on any atom is -0.325 e. The van der Waals surface area contributed by atoms with E-state index in [0.29, 0.717) is 0 Å². The van der Waals surface area contributed by atoms with Crippen molar-refractivity contribution in [2.45, 2.75) is 31.2 Å². The van der Waals surface area contributed by atoms with Gasteiger partial charge in [0.25, 0.3) is 0 Å². The predicted octanol–water partition coefficient (Wildman–Crippen LogP) is 2.76. The average Bonchev–Trinajstić information content (AvgIpc) is 2.84. The third-order valence-corrected chi connectivity index (χ3v) is 2.97. The maximum atomic E-state index is 6.00. The second-order valence-electron chi connectivity index (χ2n) is 3.99. The fourth-order valence-electron chi connectivity index (χ4n) is 1.45. The Bertz CT molecular complexity index is 287. The Kier molecular flexibility index (Phi) is 2.31. The van der Waals surface area contributed by atoms with E-state index in [1.807, 2.05) is 12.1 Å². The lowest BCUT2D eigenvalue weighted by Crippen LogP contribution is -2.21. The fourth-order valence-corrected chi connectivity index (χ4v) is 1.58. The molecule has 0 radical (unpaired) electrons. The predicted molar refractivity (Wildman–Crippen MR) is 55.9 cm³/mol. The van der Waals surface area contributed by atoms with Crippen molar-refractivity contribution in [1.29, 1.82) is 0 Å². The zero-order valence-electron chi connectivity index (χ0n) is 7.59.